The van der Waals surface area contributed by atoms with Crippen molar-refractivity contribution in [2.45, 2.75) is 31.4 Å². The first-order chi connectivity index (χ1) is 8.22. The molecule has 2 aliphatic carbocycles. The van der Waals surface area contributed by atoms with Gasteiger partial charge in [-0.15, -0.1) is 11.3 Å². The Labute approximate surface area is 103 Å². The fourth-order valence-electron chi connectivity index (χ4n) is 3.07. The minimum atomic E-state index is -0.237. The second kappa shape index (κ2) is 4.27. The Balaban J connectivity index is 1.55. The molecular weight excluding hydrogens is 238 g/mol. The molecule has 2 amide bonds. The van der Waals surface area contributed by atoms with Crippen molar-refractivity contribution in [2.75, 3.05) is 5.32 Å². The van der Waals surface area contributed by atoms with Gasteiger partial charge in [0.25, 0.3) is 0 Å². The quantitative estimate of drug-likeness (QED) is 0.746. The lowest BCUT2D eigenvalue weighted by Crippen LogP contribution is -2.44. The number of urea groups is 1. The van der Waals surface area contributed by atoms with Gasteiger partial charge in [0, 0.05) is 23.5 Å². The van der Waals surface area contributed by atoms with Crippen LogP contribution >= 0.6 is 11.3 Å². The first-order valence-electron chi connectivity index (χ1n) is 5.87. The van der Waals surface area contributed by atoms with E-state index in [0.717, 1.165) is 19.3 Å². The van der Waals surface area contributed by atoms with Gasteiger partial charge in [0.05, 0.1) is 6.10 Å². The Kier molecular flexibility index (Phi) is 2.76. The van der Waals surface area contributed by atoms with Crippen LogP contribution in [0, 0.1) is 11.8 Å². The summed E-state index contributed by atoms with van der Waals surface area (Å²) in [7, 11) is 0. The number of carbonyl (C=O) groups excluding carboxylic acids is 1. The summed E-state index contributed by atoms with van der Waals surface area (Å²) in [5.74, 6) is 0.821. The molecule has 0 saturated heterocycles. The van der Waals surface area contributed by atoms with Gasteiger partial charge in [0.2, 0.25) is 0 Å². The van der Waals surface area contributed by atoms with E-state index in [-0.39, 0.29) is 24.1 Å². The van der Waals surface area contributed by atoms with Crippen LogP contribution in [0.15, 0.2) is 11.6 Å². The van der Waals surface area contributed by atoms with Crippen molar-refractivity contribution in [1.29, 1.82) is 0 Å². The summed E-state index contributed by atoms with van der Waals surface area (Å²) in [6.45, 7) is 0. The third-order valence-corrected chi connectivity index (χ3v) is 4.44. The van der Waals surface area contributed by atoms with Crippen LogP contribution in [-0.4, -0.2) is 28.3 Å². The van der Waals surface area contributed by atoms with Crippen LogP contribution in [0.4, 0.5) is 9.93 Å². The average molecular weight is 253 g/mol. The molecule has 2 saturated carbocycles. The molecule has 92 valence electrons. The molecule has 5 nitrogen and oxygen atoms in total. The number of anilines is 1. The summed E-state index contributed by atoms with van der Waals surface area (Å²) >= 11 is 1.39. The van der Waals surface area contributed by atoms with E-state index in [9.17, 15) is 9.90 Å². The summed E-state index contributed by atoms with van der Waals surface area (Å²) in [5.41, 5.74) is 0. The van der Waals surface area contributed by atoms with Crippen LogP contribution in [0.25, 0.3) is 0 Å². The number of hydrogen-bond acceptors (Lipinski definition) is 4. The molecule has 2 aliphatic rings. The number of carbonyl (C=O) groups is 1. The normalized spacial score (nSPS) is 34.9. The zero-order valence-corrected chi connectivity index (χ0v) is 10.1. The highest BCUT2D eigenvalue weighted by Gasteiger charge is 2.46. The molecule has 0 radical (unpaired) electrons. The van der Waals surface area contributed by atoms with Crippen LogP contribution in [0.3, 0.4) is 0 Å². The summed E-state index contributed by atoms with van der Waals surface area (Å²) in [6.07, 6.45) is 4.36. The van der Waals surface area contributed by atoms with Crippen LogP contribution in [0.5, 0.6) is 0 Å². The SMILES string of the molecule is O=C(Nc1nccs1)N[C@H]1C[C@@H]2C[C@H]1[C@H](O)C2. The standard InChI is InChI=1S/C11H15N3O2S/c15-9-5-6-3-7(9)8(4-6)13-10(16)14-11-12-1-2-17-11/h1-2,6-9,15H,3-5H2,(H2,12,13,14,16)/t6-,7+,8-,9+/m0/s1. The van der Waals surface area contributed by atoms with Crippen molar-refractivity contribution in [3.05, 3.63) is 11.6 Å². The molecule has 3 rings (SSSR count). The highest BCUT2D eigenvalue weighted by Crippen LogP contribution is 2.44. The van der Waals surface area contributed by atoms with E-state index in [2.05, 4.69) is 15.6 Å². The van der Waals surface area contributed by atoms with Gasteiger partial charge in [-0.1, -0.05) is 0 Å². The summed E-state index contributed by atoms with van der Waals surface area (Å²) in [6, 6.07) is -0.103. The topological polar surface area (TPSA) is 74.2 Å². The first kappa shape index (κ1) is 11.0. The van der Waals surface area contributed by atoms with Gasteiger partial charge in [-0.2, -0.15) is 0 Å². The molecule has 3 N–H and O–H groups in total. The molecular formula is C11H15N3O2S. The summed E-state index contributed by atoms with van der Waals surface area (Å²) in [5, 5.41) is 17.8. The smallest absolute Gasteiger partial charge is 0.321 e. The van der Waals surface area contributed by atoms with Gasteiger partial charge >= 0.3 is 6.03 Å². The fraction of sp³-hybridized carbons (Fsp3) is 0.636. The van der Waals surface area contributed by atoms with E-state index in [1.165, 1.54) is 11.3 Å². The zero-order chi connectivity index (χ0) is 11.8. The maximum atomic E-state index is 11.7. The van der Waals surface area contributed by atoms with Gasteiger partial charge < -0.3 is 10.4 Å². The van der Waals surface area contributed by atoms with Gasteiger partial charge in [-0.3, -0.25) is 5.32 Å². The minimum Gasteiger partial charge on any atom is -0.393 e. The van der Waals surface area contributed by atoms with Gasteiger partial charge in [0.15, 0.2) is 5.13 Å². The van der Waals surface area contributed by atoms with Crippen LogP contribution in [0.2, 0.25) is 0 Å². The van der Waals surface area contributed by atoms with E-state index in [1.54, 1.807) is 6.20 Å². The highest BCUT2D eigenvalue weighted by molar-refractivity contribution is 7.13. The molecule has 1 aromatic heterocycles. The predicted octanol–water partition coefficient (Wildman–Crippen LogP) is 1.42. The Hall–Kier alpha value is -1.14. The third kappa shape index (κ3) is 2.14. The number of nitrogens with one attached hydrogen (secondary N) is 2. The number of amides is 2. The van der Waals surface area contributed by atoms with Crippen LogP contribution in [0.1, 0.15) is 19.3 Å². The minimum absolute atomic E-state index is 0.115. The van der Waals surface area contributed by atoms with Crippen molar-refractivity contribution >= 4 is 22.5 Å². The highest BCUT2D eigenvalue weighted by atomic mass is 32.1. The van der Waals surface area contributed by atoms with Crippen molar-refractivity contribution < 1.29 is 9.90 Å². The van der Waals surface area contributed by atoms with E-state index in [4.69, 9.17) is 0 Å². The predicted molar refractivity (Wildman–Crippen MR) is 64.9 cm³/mol. The monoisotopic (exact) mass is 253 g/mol. The van der Waals surface area contributed by atoms with Crippen molar-refractivity contribution in [2.24, 2.45) is 11.8 Å². The fourth-order valence-corrected chi connectivity index (χ4v) is 3.59. The molecule has 2 bridgehead atoms. The number of rotatable bonds is 2. The molecule has 1 aromatic rings. The van der Waals surface area contributed by atoms with E-state index in [0.29, 0.717) is 11.0 Å². The van der Waals surface area contributed by atoms with Crippen LogP contribution < -0.4 is 10.6 Å². The Morgan fingerprint density at radius 1 is 1.47 bits per heavy atom. The maximum absolute atomic E-state index is 11.7. The Morgan fingerprint density at radius 2 is 2.35 bits per heavy atom. The first-order valence-corrected chi connectivity index (χ1v) is 6.75. The largest absolute Gasteiger partial charge is 0.393 e. The summed E-state index contributed by atoms with van der Waals surface area (Å²) < 4.78 is 0. The molecule has 2 fully saturated rings. The van der Waals surface area contributed by atoms with Crippen molar-refractivity contribution in [1.82, 2.24) is 10.3 Å². The van der Waals surface area contributed by atoms with Gasteiger partial charge in [0.1, 0.15) is 0 Å². The zero-order valence-electron chi connectivity index (χ0n) is 9.30. The number of nitrogens with zero attached hydrogens (tertiary/aromatic N) is 1. The van der Waals surface area contributed by atoms with Crippen molar-refractivity contribution in [3.8, 4) is 0 Å². The number of aliphatic hydroxyl groups is 1. The van der Waals surface area contributed by atoms with E-state index >= 15 is 0 Å². The second-order valence-corrected chi connectivity index (χ2v) is 5.74. The third-order valence-electron chi connectivity index (χ3n) is 3.75. The molecule has 17 heavy (non-hydrogen) atoms. The van der Waals surface area contributed by atoms with E-state index < -0.39 is 0 Å². The molecule has 6 heteroatoms. The molecule has 0 spiro atoms. The molecule has 0 aliphatic heterocycles. The number of aliphatic hydroxyl groups excluding tert-OH is 1. The lowest BCUT2D eigenvalue weighted by atomic mass is 9.93. The van der Waals surface area contributed by atoms with E-state index in [1.807, 2.05) is 5.38 Å². The summed E-state index contributed by atoms with van der Waals surface area (Å²) in [4.78, 5) is 15.7. The molecule has 4 atom stereocenters. The average Bonchev–Trinajstić information content (AvgIpc) is 2.93. The lowest BCUT2D eigenvalue weighted by molar-refractivity contribution is 0.0960. The van der Waals surface area contributed by atoms with Gasteiger partial charge in [-0.25, -0.2) is 9.78 Å². The lowest BCUT2D eigenvalue weighted by Gasteiger charge is -2.26. The number of fused-ring (bicyclic) bond motifs is 2. The Morgan fingerprint density at radius 3 is 3.00 bits per heavy atom. The number of aromatic nitrogens is 1. The Bertz CT molecular complexity index is 409. The number of thiazole rings is 1. The number of hydrogen-bond donors (Lipinski definition) is 3. The van der Waals surface area contributed by atoms with Crippen LogP contribution in [-0.2, 0) is 0 Å². The van der Waals surface area contributed by atoms with Crippen molar-refractivity contribution in [3.63, 3.8) is 0 Å². The second-order valence-electron chi connectivity index (χ2n) is 4.85. The molecule has 0 aromatic carbocycles. The van der Waals surface area contributed by atoms with Gasteiger partial charge in [-0.05, 0) is 25.2 Å². The molecule has 0 unspecified atom stereocenters. The maximum Gasteiger partial charge on any atom is 0.321 e. The molecule has 1 heterocycles.